The zero-order chi connectivity index (χ0) is 11.4. The summed E-state index contributed by atoms with van der Waals surface area (Å²) in [4.78, 5) is 0. The van der Waals surface area contributed by atoms with Crippen LogP contribution < -0.4 is 11.1 Å². The summed E-state index contributed by atoms with van der Waals surface area (Å²) in [7, 11) is 0. The number of hydrogen-bond acceptors (Lipinski definition) is 3. The van der Waals surface area contributed by atoms with E-state index in [-0.39, 0.29) is 6.04 Å². The number of ether oxygens (including phenoxy) is 1. The van der Waals surface area contributed by atoms with Crippen molar-refractivity contribution in [2.75, 3.05) is 19.8 Å². The summed E-state index contributed by atoms with van der Waals surface area (Å²) in [6.07, 6.45) is 0.913. The molecular formula is C12H17BrN2O. The van der Waals surface area contributed by atoms with Gasteiger partial charge in [0.1, 0.15) is 0 Å². The first kappa shape index (κ1) is 12.0. The van der Waals surface area contributed by atoms with Gasteiger partial charge in [0.2, 0.25) is 0 Å². The Morgan fingerprint density at radius 3 is 3.12 bits per heavy atom. The largest absolute Gasteiger partial charge is 0.379 e. The predicted octanol–water partition coefficient (Wildman–Crippen LogP) is 1.83. The highest BCUT2D eigenvalue weighted by Gasteiger charge is 2.17. The van der Waals surface area contributed by atoms with Gasteiger partial charge in [-0.15, -0.1) is 0 Å². The van der Waals surface area contributed by atoms with E-state index in [1.54, 1.807) is 0 Å². The molecule has 3 N–H and O–H groups in total. The fraction of sp³-hybridized carbons (Fsp3) is 0.500. The van der Waals surface area contributed by atoms with E-state index in [4.69, 9.17) is 10.5 Å². The average molecular weight is 285 g/mol. The summed E-state index contributed by atoms with van der Waals surface area (Å²) in [6, 6.07) is 8.62. The van der Waals surface area contributed by atoms with Gasteiger partial charge in [0.15, 0.2) is 0 Å². The molecule has 1 fully saturated rings. The molecule has 1 aromatic carbocycles. The second-order valence-electron chi connectivity index (χ2n) is 4.12. The first-order chi connectivity index (χ1) is 7.75. The van der Waals surface area contributed by atoms with Crippen LogP contribution >= 0.6 is 15.9 Å². The van der Waals surface area contributed by atoms with Gasteiger partial charge in [0.05, 0.1) is 13.2 Å². The van der Waals surface area contributed by atoms with Gasteiger partial charge in [0, 0.05) is 23.1 Å². The van der Waals surface area contributed by atoms with Gasteiger partial charge in [-0.3, -0.25) is 0 Å². The highest BCUT2D eigenvalue weighted by molar-refractivity contribution is 9.10. The van der Waals surface area contributed by atoms with Crippen LogP contribution in [0.1, 0.15) is 18.0 Å². The Labute approximate surface area is 104 Å². The molecule has 1 saturated heterocycles. The van der Waals surface area contributed by atoms with Gasteiger partial charge >= 0.3 is 0 Å². The number of nitrogens with two attached hydrogens (primary N) is 1. The molecule has 88 valence electrons. The zero-order valence-corrected chi connectivity index (χ0v) is 10.7. The molecule has 1 aliphatic rings. The lowest BCUT2D eigenvalue weighted by Crippen LogP contribution is -2.42. The Morgan fingerprint density at radius 1 is 1.56 bits per heavy atom. The van der Waals surface area contributed by atoms with Crippen LogP contribution in [0.25, 0.3) is 0 Å². The number of halogens is 1. The average Bonchev–Trinajstić information content (AvgIpc) is 2.30. The van der Waals surface area contributed by atoms with E-state index in [9.17, 15) is 0 Å². The molecule has 3 nitrogen and oxygen atoms in total. The fourth-order valence-corrected chi connectivity index (χ4v) is 2.37. The molecule has 0 aliphatic carbocycles. The summed E-state index contributed by atoms with van der Waals surface area (Å²) in [5, 5.41) is 3.42. The molecule has 0 radical (unpaired) electrons. The Kier molecular flexibility index (Phi) is 4.35. The smallest absolute Gasteiger partial charge is 0.0620 e. The topological polar surface area (TPSA) is 47.3 Å². The normalized spacial score (nSPS) is 23.0. The lowest BCUT2D eigenvalue weighted by Gasteiger charge is -2.26. The van der Waals surface area contributed by atoms with Crippen LogP contribution in [-0.2, 0) is 4.74 Å². The van der Waals surface area contributed by atoms with Gasteiger partial charge in [-0.25, -0.2) is 0 Å². The summed E-state index contributed by atoms with van der Waals surface area (Å²) < 4.78 is 6.49. The number of benzene rings is 1. The molecule has 0 spiro atoms. The third-order valence-corrected chi connectivity index (χ3v) is 3.31. The van der Waals surface area contributed by atoms with Crippen molar-refractivity contribution in [3.8, 4) is 0 Å². The van der Waals surface area contributed by atoms with Crippen molar-refractivity contribution in [2.45, 2.75) is 18.5 Å². The van der Waals surface area contributed by atoms with Crippen LogP contribution in [0.2, 0.25) is 0 Å². The molecule has 0 bridgehead atoms. The molecule has 2 atom stereocenters. The van der Waals surface area contributed by atoms with Crippen LogP contribution in [0.15, 0.2) is 28.7 Å². The number of nitrogens with one attached hydrogen (secondary N) is 1. The summed E-state index contributed by atoms with van der Waals surface area (Å²) in [5.74, 6) is 0. The van der Waals surface area contributed by atoms with Gasteiger partial charge in [-0.2, -0.15) is 0 Å². The second-order valence-corrected chi connectivity index (χ2v) is 5.04. The van der Waals surface area contributed by atoms with Gasteiger partial charge in [-0.1, -0.05) is 28.1 Å². The third kappa shape index (κ3) is 3.28. The molecule has 0 amide bonds. The molecule has 16 heavy (non-hydrogen) atoms. The zero-order valence-electron chi connectivity index (χ0n) is 9.16. The maximum Gasteiger partial charge on any atom is 0.0620 e. The van der Waals surface area contributed by atoms with Crippen molar-refractivity contribution in [3.05, 3.63) is 34.3 Å². The van der Waals surface area contributed by atoms with E-state index in [1.807, 2.05) is 12.1 Å². The van der Waals surface area contributed by atoms with E-state index in [0.29, 0.717) is 6.04 Å². The summed E-state index contributed by atoms with van der Waals surface area (Å²) >= 11 is 3.46. The summed E-state index contributed by atoms with van der Waals surface area (Å²) in [6.45, 7) is 2.50. The molecule has 1 aliphatic heterocycles. The van der Waals surface area contributed by atoms with Crippen molar-refractivity contribution in [1.29, 1.82) is 0 Å². The van der Waals surface area contributed by atoms with E-state index in [1.165, 1.54) is 5.56 Å². The molecule has 0 aromatic heterocycles. The van der Waals surface area contributed by atoms with Crippen molar-refractivity contribution >= 4 is 15.9 Å². The Morgan fingerprint density at radius 2 is 2.44 bits per heavy atom. The van der Waals surface area contributed by atoms with Crippen LogP contribution in [0.5, 0.6) is 0 Å². The highest BCUT2D eigenvalue weighted by atomic mass is 79.9. The first-order valence-electron chi connectivity index (χ1n) is 5.58. The van der Waals surface area contributed by atoms with Gasteiger partial charge in [0.25, 0.3) is 0 Å². The van der Waals surface area contributed by atoms with E-state index in [2.05, 4.69) is 33.4 Å². The Hall–Kier alpha value is -0.420. The lowest BCUT2D eigenvalue weighted by atomic mass is 10.0. The highest BCUT2D eigenvalue weighted by Crippen LogP contribution is 2.20. The third-order valence-electron chi connectivity index (χ3n) is 2.81. The van der Waals surface area contributed by atoms with E-state index < -0.39 is 0 Å². The molecule has 1 aromatic rings. The lowest BCUT2D eigenvalue weighted by molar-refractivity contribution is 0.0720. The fourth-order valence-electron chi connectivity index (χ4n) is 1.95. The quantitative estimate of drug-likeness (QED) is 0.890. The maximum absolute atomic E-state index is 6.18. The standard InChI is InChI=1S/C12H17BrN2O/c13-10-3-1-2-9(6-10)12(14)7-11-8-16-5-4-15-11/h1-3,6,11-12,15H,4-5,7-8,14H2. The molecule has 2 rings (SSSR count). The van der Waals surface area contributed by atoms with Crippen LogP contribution in [0, 0.1) is 0 Å². The molecule has 2 unspecified atom stereocenters. The Bertz CT molecular complexity index is 340. The van der Waals surface area contributed by atoms with E-state index >= 15 is 0 Å². The molecule has 1 heterocycles. The van der Waals surface area contributed by atoms with E-state index in [0.717, 1.165) is 30.7 Å². The van der Waals surface area contributed by atoms with Crippen molar-refractivity contribution in [1.82, 2.24) is 5.32 Å². The minimum atomic E-state index is 0.0664. The maximum atomic E-state index is 6.18. The molecular weight excluding hydrogens is 268 g/mol. The van der Waals surface area contributed by atoms with Gasteiger partial charge in [-0.05, 0) is 24.1 Å². The molecule has 4 heteroatoms. The predicted molar refractivity (Wildman–Crippen MR) is 68.3 cm³/mol. The second kappa shape index (κ2) is 5.77. The van der Waals surface area contributed by atoms with Gasteiger partial charge < -0.3 is 15.8 Å². The minimum Gasteiger partial charge on any atom is -0.379 e. The van der Waals surface area contributed by atoms with Crippen molar-refractivity contribution < 1.29 is 4.74 Å². The minimum absolute atomic E-state index is 0.0664. The van der Waals surface area contributed by atoms with Crippen molar-refractivity contribution in [3.63, 3.8) is 0 Å². The Balaban J connectivity index is 1.94. The first-order valence-corrected chi connectivity index (χ1v) is 6.37. The van der Waals surface area contributed by atoms with Crippen LogP contribution in [0.4, 0.5) is 0 Å². The van der Waals surface area contributed by atoms with Crippen LogP contribution in [-0.4, -0.2) is 25.8 Å². The molecule has 0 saturated carbocycles. The van der Waals surface area contributed by atoms with Crippen LogP contribution in [0.3, 0.4) is 0 Å². The van der Waals surface area contributed by atoms with Crippen molar-refractivity contribution in [2.24, 2.45) is 5.73 Å². The summed E-state index contributed by atoms with van der Waals surface area (Å²) in [5.41, 5.74) is 7.35. The number of morpholine rings is 1. The monoisotopic (exact) mass is 284 g/mol. The number of hydrogen-bond donors (Lipinski definition) is 2. The SMILES string of the molecule is NC(CC1COCCN1)c1cccc(Br)c1. The number of rotatable bonds is 3.